The lowest BCUT2D eigenvalue weighted by Crippen LogP contribution is -2.46. The molecule has 3 N–H and O–H groups in total. The second-order valence-corrected chi connectivity index (χ2v) is 7.38. The van der Waals surface area contributed by atoms with Gasteiger partial charge in [0, 0.05) is 17.9 Å². The molecule has 3 atom stereocenters. The number of aromatic nitrogens is 2. The van der Waals surface area contributed by atoms with E-state index >= 15 is 0 Å². The van der Waals surface area contributed by atoms with E-state index in [1.54, 1.807) is 13.8 Å². The maximum atomic E-state index is 12.0. The van der Waals surface area contributed by atoms with Gasteiger partial charge in [0.15, 0.2) is 0 Å². The van der Waals surface area contributed by atoms with Crippen molar-refractivity contribution in [2.75, 3.05) is 18.6 Å². The van der Waals surface area contributed by atoms with Crippen molar-refractivity contribution >= 4 is 7.60 Å². The quantitative estimate of drug-likeness (QED) is 0.570. The van der Waals surface area contributed by atoms with E-state index in [0.717, 1.165) is 0 Å². The van der Waals surface area contributed by atoms with Crippen LogP contribution >= 0.6 is 7.60 Å². The Morgan fingerprint density at radius 1 is 1.50 bits per heavy atom. The summed E-state index contributed by atoms with van der Waals surface area (Å²) in [6, 6.07) is 0. The molecule has 1 saturated heterocycles. The van der Waals surface area contributed by atoms with Crippen molar-refractivity contribution in [3.8, 4) is 0 Å². The van der Waals surface area contributed by atoms with Crippen LogP contribution in [-0.2, 0) is 13.8 Å². The number of nitrogens with zero attached hydrogens (tertiary/aromatic N) is 2. The van der Waals surface area contributed by atoms with Gasteiger partial charge in [-0.1, -0.05) is 6.92 Å². The summed E-state index contributed by atoms with van der Waals surface area (Å²) in [5.74, 6) is 5.44. The molecule has 0 spiro atoms. The Morgan fingerprint density at radius 2 is 2.18 bits per heavy atom. The SMILES string of the molecule is CCP(=O)(O)OC[C@@H]1CCC(n2cc(C)c(=O)n(N)c2=O)O1. The Bertz CT molecular complexity index is 712. The molecule has 9 nitrogen and oxygen atoms in total. The fourth-order valence-electron chi connectivity index (χ4n) is 2.23. The van der Waals surface area contributed by atoms with Crippen LogP contribution in [0, 0.1) is 6.92 Å². The number of rotatable bonds is 5. The molecule has 0 bridgehead atoms. The largest absolute Gasteiger partial charge is 0.352 e. The van der Waals surface area contributed by atoms with Crippen LogP contribution in [-0.4, -0.2) is 33.0 Å². The molecule has 1 aliphatic heterocycles. The summed E-state index contributed by atoms with van der Waals surface area (Å²) in [6.45, 7) is 3.10. The Balaban J connectivity index is 2.10. The Hall–Kier alpha value is -1.41. The van der Waals surface area contributed by atoms with E-state index in [2.05, 4.69) is 0 Å². The summed E-state index contributed by atoms with van der Waals surface area (Å²) in [6.07, 6.45) is 1.57. The molecule has 1 fully saturated rings. The zero-order chi connectivity index (χ0) is 16.5. The van der Waals surface area contributed by atoms with E-state index in [9.17, 15) is 19.0 Å². The highest BCUT2D eigenvalue weighted by atomic mass is 31.2. The smallest absolute Gasteiger partial charge is 0.351 e. The second kappa shape index (κ2) is 6.37. The second-order valence-electron chi connectivity index (χ2n) is 5.22. The van der Waals surface area contributed by atoms with Gasteiger partial charge in [-0.2, -0.15) is 4.68 Å². The van der Waals surface area contributed by atoms with Crippen molar-refractivity contribution in [2.45, 2.75) is 39.0 Å². The van der Waals surface area contributed by atoms with Gasteiger partial charge < -0.3 is 20.0 Å². The van der Waals surface area contributed by atoms with Gasteiger partial charge in [-0.15, -0.1) is 0 Å². The molecule has 2 heterocycles. The first-order valence-electron chi connectivity index (χ1n) is 6.97. The number of ether oxygens (including phenoxy) is 1. The molecule has 1 aliphatic rings. The fraction of sp³-hybridized carbons (Fsp3) is 0.667. The number of nitrogen functional groups attached to an aromatic ring is 1. The van der Waals surface area contributed by atoms with Gasteiger partial charge in [0.25, 0.3) is 5.56 Å². The molecule has 10 heteroatoms. The predicted molar refractivity (Wildman–Crippen MR) is 79.3 cm³/mol. The summed E-state index contributed by atoms with van der Waals surface area (Å²) < 4.78 is 23.9. The third-order valence-corrected chi connectivity index (χ3v) is 4.92. The number of aryl methyl sites for hydroxylation is 1. The Morgan fingerprint density at radius 3 is 2.82 bits per heavy atom. The van der Waals surface area contributed by atoms with Crippen LogP contribution < -0.4 is 17.1 Å². The molecule has 1 aromatic rings. The van der Waals surface area contributed by atoms with Gasteiger partial charge in [-0.25, -0.2) is 4.79 Å². The predicted octanol–water partition coefficient (Wildman–Crippen LogP) is -0.0683. The highest BCUT2D eigenvalue weighted by Crippen LogP contribution is 2.42. The van der Waals surface area contributed by atoms with Crippen molar-refractivity contribution in [1.29, 1.82) is 0 Å². The van der Waals surface area contributed by atoms with Crippen molar-refractivity contribution in [3.63, 3.8) is 0 Å². The maximum absolute atomic E-state index is 12.0. The molecule has 22 heavy (non-hydrogen) atoms. The fourth-order valence-corrected chi connectivity index (χ4v) is 2.81. The maximum Gasteiger partial charge on any atom is 0.351 e. The van der Waals surface area contributed by atoms with Crippen LogP contribution in [0.3, 0.4) is 0 Å². The third kappa shape index (κ3) is 3.49. The molecule has 0 saturated carbocycles. The number of hydrogen-bond donors (Lipinski definition) is 2. The van der Waals surface area contributed by atoms with Gasteiger partial charge in [-0.05, 0) is 19.8 Å². The minimum absolute atomic E-state index is 0.0197. The summed E-state index contributed by atoms with van der Waals surface area (Å²) in [5, 5.41) is 0. The normalized spacial score (nSPS) is 24.3. The van der Waals surface area contributed by atoms with E-state index < -0.39 is 25.1 Å². The van der Waals surface area contributed by atoms with Crippen LogP contribution in [0.25, 0.3) is 0 Å². The van der Waals surface area contributed by atoms with Gasteiger partial charge >= 0.3 is 13.3 Å². The van der Waals surface area contributed by atoms with Crippen molar-refractivity contribution in [3.05, 3.63) is 32.6 Å². The van der Waals surface area contributed by atoms with Gasteiger partial charge in [0.1, 0.15) is 6.23 Å². The van der Waals surface area contributed by atoms with Gasteiger partial charge in [-0.3, -0.25) is 13.9 Å². The summed E-state index contributed by atoms with van der Waals surface area (Å²) >= 11 is 0. The molecule has 2 rings (SSSR count). The number of nitrogens with two attached hydrogens (primary N) is 1. The van der Waals surface area contributed by atoms with E-state index in [4.69, 9.17) is 15.1 Å². The topological polar surface area (TPSA) is 126 Å². The average molecular weight is 333 g/mol. The number of hydrogen-bond acceptors (Lipinski definition) is 6. The highest BCUT2D eigenvalue weighted by Gasteiger charge is 2.30. The minimum Gasteiger partial charge on any atom is -0.352 e. The Labute approximate surface area is 126 Å². The first-order valence-corrected chi connectivity index (χ1v) is 8.73. The van der Waals surface area contributed by atoms with E-state index in [1.807, 2.05) is 0 Å². The van der Waals surface area contributed by atoms with Crippen LogP contribution in [0.1, 0.15) is 31.6 Å². The van der Waals surface area contributed by atoms with Gasteiger partial charge in [0.05, 0.1) is 12.7 Å². The summed E-state index contributed by atoms with van der Waals surface area (Å²) in [5.41, 5.74) is -0.886. The molecule has 1 aromatic heterocycles. The molecule has 2 unspecified atom stereocenters. The highest BCUT2D eigenvalue weighted by molar-refractivity contribution is 7.52. The lowest BCUT2D eigenvalue weighted by Gasteiger charge is -2.18. The molecule has 0 radical (unpaired) electrons. The summed E-state index contributed by atoms with van der Waals surface area (Å²) in [4.78, 5) is 33.0. The van der Waals surface area contributed by atoms with E-state index in [-0.39, 0.29) is 18.9 Å². The molecular formula is C12H20N3O6P. The molecule has 124 valence electrons. The van der Waals surface area contributed by atoms with E-state index in [1.165, 1.54) is 10.8 Å². The lowest BCUT2D eigenvalue weighted by atomic mass is 10.2. The first-order chi connectivity index (χ1) is 10.2. The van der Waals surface area contributed by atoms with Crippen LogP contribution in [0.2, 0.25) is 0 Å². The molecule has 0 aliphatic carbocycles. The zero-order valence-electron chi connectivity index (χ0n) is 12.5. The molecule has 0 amide bonds. The van der Waals surface area contributed by atoms with Crippen molar-refractivity contribution in [1.82, 2.24) is 9.24 Å². The standard InChI is InChI=1S/C12H20N3O6P/c1-3-22(18,19)20-7-9-4-5-10(21-9)14-6-8(2)11(16)15(13)12(14)17/h6,9-10H,3-5,7,13H2,1-2H3,(H,18,19)/t9-,10?/m0/s1. The summed E-state index contributed by atoms with van der Waals surface area (Å²) in [7, 11) is -3.56. The Kier molecular flexibility index (Phi) is 4.91. The minimum atomic E-state index is -3.56. The zero-order valence-corrected chi connectivity index (χ0v) is 13.4. The third-order valence-electron chi connectivity index (χ3n) is 3.57. The average Bonchev–Trinajstić information content (AvgIpc) is 2.95. The first kappa shape index (κ1) is 17.0. The van der Waals surface area contributed by atoms with Crippen molar-refractivity contribution in [2.24, 2.45) is 0 Å². The van der Waals surface area contributed by atoms with Crippen LogP contribution in [0.4, 0.5) is 0 Å². The van der Waals surface area contributed by atoms with Gasteiger partial charge in [0.2, 0.25) is 0 Å². The van der Waals surface area contributed by atoms with Crippen LogP contribution in [0.5, 0.6) is 0 Å². The lowest BCUT2D eigenvalue weighted by molar-refractivity contribution is -0.0219. The van der Waals surface area contributed by atoms with E-state index in [0.29, 0.717) is 23.1 Å². The molecular weight excluding hydrogens is 313 g/mol. The molecule has 0 aromatic carbocycles. The monoisotopic (exact) mass is 333 g/mol. The van der Waals surface area contributed by atoms with Crippen molar-refractivity contribution < 1.29 is 18.7 Å². The van der Waals surface area contributed by atoms with Crippen LogP contribution in [0.15, 0.2) is 15.8 Å².